The third-order valence-electron chi connectivity index (χ3n) is 1.57. The van der Waals surface area contributed by atoms with Crippen molar-refractivity contribution in [3.8, 4) is 0 Å². The molecule has 0 bridgehead atoms. The summed E-state index contributed by atoms with van der Waals surface area (Å²) in [6.45, 7) is -0.00173. The summed E-state index contributed by atoms with van der Waals surface area (Å²) in [6, 6.07) is 7.24. The van der Waals surface area contributed by atoms with Crippen LogP contribution in [0.25, 0.3) is 6.08 Å². The fraction of sp³-hybridized carbons (Fsp3) is 0.100. The molecule has 0 atom stereocenters. The van der Waals surface area contributed by atoms with E-state index < -0.39 is 5.91 Å². The van der Waals surface area contributed by atoms with Gasteiger partial charge in [-0.25, -0.2) is 0 Å². The summed E-state index contributed by atoms with van der Waals surface area (Å²) < 4.78 is 0. The molecule has 1 aromatic rings. The van der Waals surface area contributed by atoms with Gasteiger partial charge in [0.2, 0.25) is 5.91 Å². The topological polar surface area (TPSA) is 63.3 Å². The van der Waals surface area contributed by atoms with Gasteiger partial charge in [0.25, 0.3) is 0 Å². The molecule has 1 aromatic carbocycles. The van der Waals surface area contributed by atoms with Crippen molar-refractivity contribution in [1.82, 2.24) is 0 Å². The van der Waals surface area contributed by atoms with E-state index in [4.69, 9.17) is 10.8 Å². The second-order valence-corrected chi connectivity index (χ2v) is 2.64. The second kappa shape index (κ2) is 4.42. The van der Waals surface area contributed by atoms with Crippen LogP contribution in [0.4, 0.5) is 0 Å². The van der Waals surface area contributed by atoms with Gasteiger partial charge in [-0.2, -0.15) is 0 Å². The van der Waals surface area contributed by atoms with Crippen molar-refractivity contribution < 1.29 is 9.90 Å². The van der Waals surface area contributed by atoms with Crippen LogP contribution >= 0.6 is 0 Å². The highest BCUT2D eigenvalue weighted by Crippen LogP contribution is 2.06. The van der Waals surface area contributed by atoms with Gasteiger partial charge in [0.1, 0.15) is 0 Å². The fourth-order valence-corrected chi connectivity index (χ4v) is 0.973. The van der Waals surface area contributed by atoms with Gasteiger partial charge in [0, 0.05) is 6.08 Å². The zero-order chi connectivity index (χ0) is 9.68. The van der Waals surface area contributed by atoms with E-state index in [0.717, 1.165) is 11.1 Å². The second-order valence-electron chi connectivity index (χ2n) is 2.64. The van der Waals surface area contributed by atoms with E-state index in [1.54, 1.807) is 12.1 Å². The molecule has 3 nitrogen and oxygen atoms in total. The molecule has 0 aromatic heterocycles. The van der Waals surface area contributed by atoms with Gasteiger partial charge < -0.3 is 10.8 Å². The SMILES string of the molecule is NC(=O)/C=C/c1cccc(CO)c1. The lowest BCUT2D eigenvalue weighted by Gasteiger charge is -1.96. The molecule has 0 radical (unpaired) electrons. The van der Waals surface area contributed by atoms with Crippen LogP contribution in [0.15, 0.2) is 30.3 Å². The summed E-state index contributed by atoms with van der Waals surface area (Å²) in [5.41, 5.74) is 6.60. The first-order valence-electron chi connectivity index (χ1n) is 3.89. The number of benzene rings is 1. The predicted molar refractivity (Wildman–Crippen MR) is 50.6 cm³/mol. The van der Waals surface area contributed by atoms with Gasteiger partial charge in [-0.15, -0.1) is 0 Å². The molecule has 3 heteroatoms. The normalized spacial score (nSPS) is 10.5. The van der Waals surface area contributed by atoms with Gasteiger partial charge in [-0.05, 0) is 23.3 Å². The standard InChI is InChI=1S/C10H11NO2/c11-10(13)5-4-8-2-1-3-9(6-8)7-12/h1-6,12H,7H2,(H2,11,13)/b5-4+. The summed E-state index contributed by atoms with van der Waals surface area (Å²) >= 11 is 0. The Bertz CT molecular complexity index is 331. The van der Waals surface area contributed by atoms with Crippen molar-refractivity contribution in [2.75, 3.05) is 0 Å². The first kappa shape index (κ1) is 9.48. The van der Waals surface area contributed by atoms with Crippen molar-refractivity contribution in [2.45, 2.75) is 6.61 Å². The van der Waals surface area contributed by atoms with Crippen molar-refractivity contribution in [1.29, 1.82) is 0 Å². The van der Waals surface area contributed by atoms with E-state index in [2.05, 4.69) is 0 Å². The third-order valence-corrected chi connectivity index (χ3v) is 1.57. The summed E-state index contributed by atoms with van der Waals surface area (Å²) in [5.74, 6) is -0.477. The molecule has 0 aliphatic carbocycles. The maximum absolute atomic E-state index is 10.4. The minimum atomic E-state index is -0.477. The molecule has 0 spiro atoms. The number of hydrogen-bond donors (Lipinski definition) is 2. The van der Waals surface area contributed by atoms with Gasteiger partial charge in [-0.3, -0.25) is 4.79 Å². The molecule has 3 N–H and O–H groups in total. The highest BCUT2D eigenvalue weighted by molar-refractivity contribution is 5.90. The van der Waals surface area contributed by atoms with Crippen molar-refractivity contribution in [3.63, 3.8) is 0 Å². The van der Waals surface area contributed by atoms with E-state index in [0.29, 0.717) is 0 Å². The molecule has 0 aliphatic heterocycles. The van der Waals surface area contributed by atoms with E-state index in [9.17, 15) is 4.79 Å². The summed E-state index contributed by atoms with van der Waals surface area (Å²) in [6.07, 6.45) is 2.90. The number of carbonyl (C=O) groups is 1. The Kier molecular flexibility index (Phi) is 3.23. The third kappa shape index (κ3) is 3.09. The van der Waals surface area contributed by atoms with E-state index in [1.165, 1.54) is 6.08 Å². The smallest absolute Gasteiger partial charge is 0.241 e. The Balaban J connectivity index is 2.83. The Hall–Kier alpha value is -1.61. The molecule has 0 saturated heterocycles. The number of hydrogen-bond acceptors (Lipinski definition) is 2. The van der Waals surface area contributed by atoms with Gasteiger partial charge in [0.15, 0.2) is 0 Å². The number of nitrogens with two attached hydrogens (primary N) is 1. The molecule has 0 saturated carbocycles. The Morgan fingerprint density at radius 2 is 2.31 bits per heavy atom. The Morgan fingerprint density at radius 1 is 1.54 bits per heavy atom. The minimum absolute atomic E-state index is 0.00173. The summed E-state index contributed by atoms with van der Waals surface area (Å²) in [5, 5.41) is 8.82. The minimum Gasteiger partial charge on any atom is -0.392 e. The van der Waals surface area contributed by atoms with Gasteiger partial charge >= 0.3 is 0 Å². The lowest BCUT2D eigenvalue weighted by Crippen LogP contribution is -2.05. The van der Waals surface area contributed by atoms with E-state index in [-0.39, 0.29) is 6.61 Å². The lowest BCUT2D eigenvalue weighted by molar-refractivity contribution is -0.113. The van der Waals surface area contributed by atoms with Gasteiger partial charge in [0.05, 0.1) is 6.61 Å². The maximum atomic E-state index is 10.4. The van der Waals surface area contributed by atoms with E-state index in [1.807, 2.05) is 18.2 Å². The molecular weight excluding hydrogens is 166 g/mol. The predicted octanol–water partition coefficient (Wildman–Crippen LogP) is 0.677. The molecular formula is C10H11NO2. The average Bonchev–Trinajstić information content (AvgIpc) is 2.15. The zero-order valence-corrected chi connectivity index (χ0v) is 7.10. The maximum Gasteiger partial charge on any atom is 0.241 e. The zero-order valence-electron chi connectivity index (χ0n) is 7.10. The summed E-state index contributed by atoms with van der Waals surface area (Å²) in [7, 11) is 0. The number of amides is 1. The molecule has 1 rings (SSSR count). The molecule has 1 amide bonds. The molecule has 13 heavy (non-hydrogen) atoms. The first-order valence-corrected chi connectivity index (χ1v) is 3.89. The Morgan fingerprint density at radius 3 is 2.92 bits per heavy atom. The summed E-state index contributed by atoms with van der Waals surface area (Å²) in [4.78, 5) is 10.4. The van der Waals surface area contributed by atoms with Crippen molar-refractivity contribution in [2.24, 2.45) is 5.73 Å². The molecule has 0 heterocycles. The highest BCUT2D eigenvalue weighted by atomic mass is 16.3. The molecule has 0 unspecified atom stereocenters. The largest absolute Gasteiger partial charge is 0.392 e. The van der Waals surface area contributed by atoms with Gasteiger partial charge in [-0.1, -0.05) is 18.2 Å². The first-order chi connectivity index (χ1) is 6.22. The van der Waals surface area contributed by atoms with Crippen LogP contribution in [0.5, 0.6) is 0 Å². The average molecular weight is 177 g/mol. The number of carbonyl (C=O) groups excluding carboxylic acids is 1. The Labute approximate surface area is 76.5 Å². The number of rotatable bonds is 3. The van der Waals surface area contributed by atoms with Crippen LogP contribution in [0.3, 0.4) is 0 Å². The lowest BCUT2D eigenvalue weighted by atomic mass is 10.1. The number of primary amides is 1. The molecule has 0 aliphatic rings. The van der Waals surface area contributed by atoms with Crippen molar-refractivity contribution >= 4 is 12.0 Å². The number of aliphatic hydroxyl groups is 1. The highest BCUT2D eigenvalue weighted by Gasteiger charge is 1.91. The van der Waals surface area contributed by atoms with Crippen LogP contribution in [-0.4, -0.2) is 11.0 Å². The molecule has 68 valence electrons. The fourth-order valence-electron chi connectivity index (χ4n) is 0.973. The van der Waals surface area contributed by atoms with Crippen LogP contribution < -0.4 is 5.73 Å². The van der Waals surface area contributed by atoms with Crippen LogP contribution in [0.1, 0.15) is 11.1 Å². The molecule has 0 fully saturated rings. The van der Waals surface area contributed by atoms with Crippen molar-refractivity contribution in [3.05, 3.63) is 41.5 Å². The number of aliphatic hydroxyl groups excluding tert-OH is 1. The quantitative estimate of drug-likeness (QED) is 0.667. The monoisotopic (exact) mass is 177 g/mol. The van der Waals surface area contributed by atoms with E-state index >= 15 is 0 Å². The van der Waals surface area contributed by atoms with Crippen LogP contribution in [0.2, 0.25) is 0 Å². The van der Waals surface area contributed by atoms with Crippen LogP contribution in [-0.2, 0) is 11.4 Å². The van der Waals surface area contributed by atoms with Crippen LogP contribution in [0, 0.1) is 0 Å².